The molecule has 0 radical (unpaired) electrons. The fourth-order valence-corrected chi connectivity index (χ4v) is 2.74. The van der Waals surface area contributed by atoms with Crippen molar-refractivity contribution in [2.24, 2.45) is 0 Å². The van der Waals surface area contributed by atoms with Crippen molar-refractivity contribution in [3.63, 3.8) is 0 Å². The van der Waals surface area contributed by atoms with E-state index in [1.165, 1.54) is 0 Å². The van der Waals surface area contributed by atoms with Crippen molar-refractivity contribution < 1.29 is 18.6 Å². The van der Waals surface area contributed by atoms with Gasteiger partial charge in [0.1, 0.15) is 11.6 Å². The van der Waals surface area contributed by atoms with Gasteiger partial charge in [0, 0.05) is 17.7 Å². The fourth-order valence-electron chi connectivity index (χ4n) is 2.74. The number of likely N-dealkylation sites (N-methyl/N-ethyl adjacent to an activating group) is 1. The fraction of sp³-hybridized carbons (Fsp3) is 0.571. The van der Waals surface area contributed by atoms with Gasteiger partial charge in [-0.3, -0.25) is 4.90 Å². The Hall–Kier alpha value is -0.750. The van der Waals surface area contributed by atoms with Crippen LogP contribution >= 0.6 is 12.4 Å². The first kappa shape index (κ1) is 17.3. The number of benzene rings is 1. The Labute approximate surface area is 123 Å². The molecule has 0 aromatic heterocycles. The molecule has 1 N–H and O–H groups in total. The Morgan fingerprint density at radius 2 is 1.85 bits per heavy atom. The van der Waals surface area contributed by atoms with Crippen molar-refractivity contribution in [3.8, 4) is 0 Å². The summed E-state index contributed by atoms with van der Waals surface area (Å²) in [6.07, 6.45) is 0. The Bertz CT molecular complexity index is 454. The first-order valence-corrected chi connectivity index (χ1v) is 6.47. The van der Waals surface area contributed by atoms with Crippen molar-refractivity contribution in [3.05, 3.63) is 35.4 Å². The van der Waals surface area contributed by atoms with Crippen LogP contribution in [0.15, 0.2) is 18.2 Å². The molecule has 1 heterocycles. The molecule has 1 aromatic rings. The third-order valence-electron chi connectivity index (χ3n) is 3.82. The van der Waals surface area contributed by atoms with E-state index >= 15 is 0 Å². The van der Waals surface area contributed by atoms with Gasteiger partial charge in [0.25, 0.3) is 0 Å². The molecule has 3 atom stereocenters. The number of morpholine rings is 1. The number of ether oxygens (including phenoxy) is 1. The van der Waals surface area contributed by atoms with Gasteiger partial charge in [-0.25, -0.2) is 8.78 Å². The molecule has 1 aliphatic rings. The molecule has 0 amide bonds. The van der Waals surface area contributed by atoms with Crippen molar-refractivity contribution in [1.82, 2.24) is 4.90 Å². The van der Waals surface area contributed by atoms with E-state index in [1.54, 1.807) is 6.92 Å². The van der Waals surface area contributed by atoms with Crippen molar-refractivity contribution in [2.75, 3.05) is 13.2 Å². The molecule has 0 unspecified atom stereocenters. The van der Waals surface area contributed by atoms with Gasteiger partial charge in [0.2, 0.25) is 5.79 Å². The summed E-state index contributed by atoms with van der Waals surface area (Å²) in [5.74, 6) is -3.13. The van der Waals surface area contributed by atoms with E-state index in [2.05, 4.69) is 0 Å². The van der Waals surface area contributed by atoms with Crippen LogP contribution in [0.1, 0.15) is 26.3 Å². The highest BCUT2D eigenvalue weighted by atomic mass is 35.5. The van der Waals surface area contributed by atoms with Gasteiger partial charge in [-0.15, -0.1) is 12.4 Å². The molecule has 1 aliphatic heterocycles. The SMILES string of the molecule is CCN1[C@H](C)CO[C@@](O)(c2cc(F)cc(F)c2)[C@@H]1C.Cl. The van der Waals surface area contributed by atoms with E-state index in [0.717, 1.165) is 24.7 Å². The summed E-state index contributed by atoms with van der Waals surface area (Å²) >= 11 is 0. The molecule has 6 heteroatoms. The van der Waals surface area contributed by atoms with E-state index < -0.39 is 17.4 Å². The van der Waals surface area contributed by atoms with E-state index in [9.17, 15) is 13.9 Å². The van der Waals surface area contributed by atoms with Gasteiger partial charge in [-0.2, -0.15) is 0 Å². The summed E-state index contributed by atoms with van der Waals surface area (Å²) in [4.78, 5) is 2.05. The molecule has 3 nitrogen and oxygen atoms in total. The third-order valence-corrected chi connectivity index (χ3v) is 3.82. The molecule has 0 saturated carbocycles. The molecule has 2 rings (SSSR count). The molecule has 1 saturated heterocycles. The average Bonchev–Trinajstić information content (AvgIpc) is 2.34. The average molecular weight is 308 g/mol. The third kappa shape index (κ3) is 2.96. The number of halogens is 3. The summed E-state index contributed by atoms with van der Waals surface area (Å²) in [5, 5.41) is 10.7. The molecule has 20 heavy (non-hydrogen) atoms. The van der Waals surface area contributed by atoms with Crippen LogP contribution in [-0.2, 0) is 10.5 Å². The lowest BCUT2D eigenvalue weighted by molar-refractivity contribution is -0.286. The van der Waals surface area contributed by atoms with Gasteiger partial charge >= 0.3 is 0 Å². The minimum absolute atomic E-state index is 0. The summed E-state index contributed by atoms with van der Waals surface area (Å²) in [7, 11) is 0. The van der Waals surface area contributed by atoms with Gasteiger partial charge in [0.05, 0.1) is 12.6 Å². The molecule has 0 aliphatic carbocycles. The summed E-state index contributed by atoms with van der Waals surface area (Å²) in [5.41, 5.74) is 0.114. The van der Waals surface area contributed by atoms with Crippen LogP contribution in [0.25, 0.3) is 0 Å². The molecule has 0 spiro atoms. The molecular weight excluding hydrogens is 288 g/mol. The van der Waals surface area contributed by atoms with Crippen LogP contribution < -0.4 is 0 Å². The van der Waals surface area contributed by atoms with Crippen LogP contribution in [0.4, 0.5) is 8.78 Å². The Balaban J connectivity index is 0.00000200. The topological polar surface area (TPSA) is 32.7 Å². The quantitative estimate of drug-likeness (QED) is 0.912. The molecule has 1 aromatic carbocycles. The number of rotatable bonds is 2. The predicted molar refractivity (Wildman–Crippen MR) is 74.8 cm³/mol. The van der Waals surface area contributed by atoms with Crippen LogP contribution in [0, 0.1) is 11.6 Å². The molecule has 0 bridgehead atoms. The van der Waals surface area contributed by atoms with Crippen LogP contribution in [-0.4, -0.2) is 35.2 Å². The second-order valence-electron chi connectivity index (χ2n) is 5.02. The van der Waals surface area contributed by atoms with Gasteiger partial charge in [-0.1, -0.05) is 6.92 Å². The van der Waals surface area contributed by atoms with E-state index in [-0.39, 0.29) is 30.1 Å². The number of hydrogen-bond acceptors (Lipinski definition) is 3. The maximum Gasteiger partial charge on any atom is 0.208 e. The lowest BCUT2D eigenvalue weighted by Gasteiger charge is -2.48. The second kappa shape index (κ2) is 6.35. The van der Waals surface area contributed by atoms with Crippen LogP contribution in [0.3, 0.4) is 0 Å². The van der Waals surface area contributed by atoms with E-state index in [4.69, 9.17) is 4.74 Å². The minimum Gasteiger partial charge on any atom is -0.361 e. The first-order valence-electron chi connectivity index (χ1n) is 6.47. The van der Waals surface area contributed by atoms with Crippen LogP contribution in [0.2, 0.25) is 0 Å². The Kier molecular flexibility index (Phi) is 5.49. The highest BCUT2D eigenvalue weighted by Crippen LogP contribution is 2.35. The largest absolute Gasteiger partial charge is 0.361 e. The smallest absolute Gasteiger partial charge is 0.208 e. The molecular formula is C14H20ClF2NO2. The monoisotopic (exact) mass is 307 g/mol. The number of hydrogen-bond donors (Lipinski definition) is 1. The molecule has 114 valence electrons. The highest BCUT2D eigenvalue weighted by molar-refractivity contribution is 5.85. The lowest BCUT2D eigenvalue weighted by Crippen LogP contribution is -2.59. The summed E-state index contributed by atoms with van der Waals surface area (Å²) in [6, 6.07) is 2.77. The minimum atomic E-state index is -1.69. The zero-order valence-electron chi connectivity index (χ0n) is 11.8. The zero-order valence-corrected chi connectivity index (χ0v) is 12.6. The normalized spacial score (nSPS) is 30.9. The van der Waals surface area contributed by atoms with Crippen molar-refractivity contribution in [2.45, 2.75) is 38.6 Å². The van der Waals surface area contributed by atoms with Gasteiger partial charge < -0.3 is 9.84 Å². The maximum absolute atomic E-state index is 13.3. The molecule has 1 fully saturated rings. The zero-order chi connectivity index (χ0) is 14.2. The van der Waals surface area contributed by atoms with E-state index in [1.807, 2.05) is 18.7 Å². The van der Waals surface area contributed by atoms with Gasteiger partial charge in [-0.05, 0) is 32.5 Å². The van der Waals surface area contributed by atoms with Crippen LogP contribution in [0.5, 0.6) is 0 Å². The summed E-state index contributed by atoms with van der Waals surface area (Å²) in [6.45, 7) is 6.80. The van der Waals surface area contributed by atoms with Crippen molar-refractivity contribution in [1.29, 1.82) is 0 Å². The number of nitrogens with zero attached hydrogens (tertiary/aromatic N) is 1. The van der Waals surface area contributed by atoms with Gasteiger partial charge in [0.15, 0.2) is 0 Å². The Morgan fingerprint density at radius 1 is 1.30 bits per heavy atom. The first-order chi connectivity index (χ1) is 8.88. The lowest BCUT2D eigenvalue weighted by atomic mass is 9.94. The standard InChI is InChI=1S/C14H19F2NO2.ClH/c1-4-17-9(2)8-19-14(18,10(17)3)11-5-12(15)7-13(16)6-11;/h5-7,9-10,18H,4,8H2,1-3H3;1H/t9-,10+,14-;/m1./s1. The maximum atomic E-state index is 13.3. The van der Waals surface area contributed by atoms with Crippen molar-refractivity contribution >= 4 is 12.4 Å². The predicted octanol–water partition coefficient (Wildman–Crippen LogP) is 2.66. The second-order valence-corrected chi connectivity index (χ2v) is 5.02. The van der Waals surface area contributed by atoms with E-state index in [0.29, 0.717) is 6.61 Å². The number of aliphatic hydroxyl groups is 1. The Morgan fingerprint density at radius 3 is 2.35 bits per heavy atom. The highest BCUT2D eigenvalue weighted by Gasteiger charge is 2.45. The summed E-state index contributed by atoms with van der Waals surface area (Å²) < 4.78 is 32.1.